The fourth-order valence-electron chi connectivity index (χ4n) is 2.12. The van der Waals surface area contributed by atoms with E-state index in [0.717, 1.165) is 24.5 Å². The molecule has 2 aromatic rings. The highest BCUT2D eigenvalue weighted by Gasteiger charge is 2.16. The highest BCUT2D eigenvalue weighted by Crippen LogP contribution is 2.27. The predicted octanol–water partition coefficient (Wildman–Crippen LogP) is 3.18. The van der Waals surface area contributed by atoms with Crippen molar-refractivity contribution < 1.29 is 9.15 Å². The van der Waals surface area contributed by atoms with Crippen molar-refractivity contribution in [2.75, 3.05) is 13.7 Å². The van der Waals surface area contributed by atoms with Gasteiger partial charge in [0.15, 0.2) is 0 Å². The van der Waals surface area contributed by atoms with Gasteiger partial charge in [0.2, 0.25) is 0 Å². The van der Waals surface area contributed by atoms with Crippen LogP contribution in [0.3, 0.4) is 0 Å². The molecular formula is C15H19NO2. The monoisotopic (exact) mass is 245 g/mol. The second-order valence-electron chi connectivity index (χ2n) is 4.14. The maximum Gasteiger partial charge on any atom is 0.123 e. The van der Waals surface area contributed by atoms with E-state index in [-0.39, 0.29) is 6.04 Å². The van der Waals surface area contributed by atoms with Crippen molar-refractivity contribution in [2.45, 2.75) is 19.4 Å². The largest absolute Gasteiger partial charge is 0.496 e. The van der Waals surface area contributed by atoms with Crippen LogP contribution < -0.4 is 10.1 Å². The lowest BCUT2D eigenvalue weighted by atomic mass is 10.0. The predicted molar refractivity (Wildman–Crippen MR) is 71.8 cm³/mol. The molecule has 0 aliphatic rings. The smallest absolute Gasteiger partial charge is 0.123 e. The normalized spacial score (nSPS) is 12.3. The maximum absolute atomic E-state index is 5.42. The first-order valence-corrected chi connectivity index (χ1v) is 6.23. The Labute approximate surface area is 108 Å². The van der Waals surface area contributed by atoms with E-state index in [4.69, 9.17) is 9.15 Å². The van der Waals surface area contributed by atoms with Crippen LogP contribution in [0, 0.1) is 0 Å². The van der Waals surface area contributed by atoms with Gasteiger partial charge < -0.3 is 14.5 Å². The van der Waals surface area contributed by atoms with E-state index in [1.807, 2.05) is 30.3 Å². The number of para-hydroxylation sites is 1. The van der Waals surface area contributed by atoms with E-state index in [1.165, 1.54) is 5.56 Å². The number of hydrogen-bond acceptors (Lipinski definition) is 3. The van der Waals surface area contributed by atoms with E-state index >= 15 is 0 Å². The summed E-state index contributed by atoms with van der Waals surface area (Å²) in [6, 6.07) is 12.2. The number of likely N-dealkylation sites (N-methyl/N-ethyl adjacent to an activating group) is 1. The van der Waals surface area contributed by atoms with Gasteiger partial charge in [-0.3, -0.25) is 0 Å². The third-order valence-electron chi connectivity index (χ3n) is 2.95. The molecule has 0 radical (unpaired) electrons. The molecule has 18 heavy (non-hydrogen) atoms. The van der Waals surface area contributed by atoms with E-state index in [1.54, 1.807) is 13.4 Å². The van der Waals surface area contributed by atoms with Gasteiger partial charge in [-0.25, -0.2) is 0 Å². The molecule has 1 N–H and O–H groups in total. The average Bonchev–Trinajstić information content (AvgIpc) is 2.91. The Bertz CT molecular complexity index is 465. The van der Waals surface area contributed by atoms with Crippen molar-refractivity contribution in [3.63, 3.8) is 0 Å². The Balaban J connectivity index is 2.23. The van der Waals surface area contributed by atoms with Gasteiger partial charge in [0.1, 0.15) is 11.5 Å². The lowest BCUT2D eigenvalue weighted by Crippen LogP contribution is -2.23. The van der Waals surface area contributed by atoms with E-state index < -0.39 is 0 Å². The standard InChI is InChI=1S/C15H19NO2/c1-3-16-14(11-12-7-6-10-18-12)13-8-4-5-9-15(13)17-2/h4-10,14,16H,3,11H2,1-2H3. The number of benzene rings is 1. The maximum atomic E-state index is 5.42. The molecule has 3 nitrogen and oxygen atoms in total. The van der Waals surface area contributed by atoms with Gasteiger partial charge >= 0.3 is 0 Å². The molecule has 1 aromatic carbocycles. The second kappa shape index (κ2) is 6.26. The molecule has 0 aliphatic heterocycles. The van der Waals surface area contributed by atoms with Crippen LogP contribution in [0.5, 0.6) is 5.75 Å². The van der Waals surface area contributed by atoms with Crippen LogP contribution in [0.15, 0.2) is 47.1 Å². The van der Waals surface area contributed by atoms with Gasteiger partial charge in [-0.2, -0.15) is 0 Å². The summed E-state index contributed by atoms with van der Waals surface area (Å²) in [5, 5.41) is 3.47. The minimum absolute atomic E-state index is 0.206. The van der Waals surface area contributed by atoms with E-state index in [9.17, 15) is 0 Å². The van der Waals surface area contributed by atoms with Gasteiger partial charge in [0.05, 0.1) is 13.4 Å². The van der Waals surface area contributed by atoms with Gasteiger partial charge in [-0.1, -0.05) is 25.1 Å². The minimum Gasteiger partial charge on any atom is -0.496 e. The number of furan rings is 1. The summed E-state index contributed by atoms with van der Waals surface area (Å²) in [4.78, 5) is 0. The molecule has 3 heteroatoms. The van der Waals surface area contributed by atoms with Gasteiger partial charge in [0, 0.05) is 18.0 Å². The number of methoxy groups -OCH3 is 1. The fourth-order valence-corrected chi connectivity index (χ4v) is 2.12. The quantitative estimate of drug-likeness (QED) is 0.848. The molecule has 0 bridgehead atoms. The van der Waals surface area contributed by atoms with Crippen LogP contribution in [-0.2, 0) is 6.42 Å². The summed E-state index contributed by atoms with van der Waals surface area (Å²) < 4.78 is 10.8. The molecule has 0 amide bonds. The van der Waals surface area contributed by atoms with Crippen LogP contribution in [0.2, 0.25) is 0 Å². The second-order valence-corrected chi connectivity index (χ2v) is 4.14. The third-order valence-corrected chi connectivity index (χ3v) is 2.95. The number of ether oxygens (including phenoxy) is 1. The first-order valence-electron chi connectivity index (χ1n) is 6.23. The van der Waals surface area contributed by atoms with Crippen molar-refractivity contribution in [3.8, 4) is 5.75 Å². The zero-order valence-electron chi connectivity index (χ0n) is 10.8. The Hall–Kier alpha value is -1.74. The number of nitrogens with one attached hydrogen (secondary N) is 1. The molecule has 2 rings (SSSR count). The highest BCUT2D eigenvalue weighted by atomic mass is 16.5. The molecule has 0 fully saturated rings. The van der Waals surface area contributed by atoms with Gasteiger partial charge in [-0.15, -0.1) is 0 Å². The molecule has 1 atom stereocenters. The Kier molecular flexibility index (Phi) is 4.42. The van der Waals surface area contributed by atoms with Crippen molar-refractivity contribution in [1.82, 2.24) is 5.32 Å². The summed E-state index contributed by atoms with van der Waals surface area (Å²) >= 11 is 0. The summed E-state index contributed by atoms with van der Waals surface area (Å²) in [6.07, 6.45) is 2.53. The summed E-state index contributed by atoms with van der Waals surface area (Å²) in [7, 11) is 1.70. The van der Waals surface area contributed by atoms with E-state index in [0.29, 0.717) is 0 Å². The first-order chi connectivity index (χ1) is 8.85. The molecule has 0 spiro atoms. The molecule has 1 aromatic heterocycles. The van der Waals surface area contributed by atoms with E-state index in [2.05, 4.69) is 18.3 Å². The van der Waals surface area contributed by atoms with Gasteiger partial charge in [0.25, 0.3) is 0 Å². The van der Waals surface area contributed by atoms with Crippen LogP contribution in [0.1, 0.15) is 24.3 Å². The summed E-state index contributed by atoms with van der Waals surface area (Å²) in [6.45, 7) is 3.01. The molecule has 0 saturated carbocycles. The SMILES string of the molecule is CCNC(Cc1ccco1)c1ccccc1OC. The van der Waals surface area contributed by atoms with Crippen LogP contribution >= 0.6 is 0 Å². The molecule has 1 heterocycles. The van der Waals surface area contributed by atoms with Crippen molar-refractivity contribution in [1.29, 1.82) is 0 Å². The van der Waals surface area contributed by atoms with Crippen molar-refractivity contribution in [2.24, 2.45) is 0 Å². The molecule has 96 valence electrons. The lowest BCUT2D eigenvalue weighted by molar-refractivity contribution is 0.393. The van der Waals surface area contributed by atoms with Crippen molar-refractivity contribution in [3.05, 3.63) is 54.0 Å². The first kappa shape index (κ1) is 12.7. The fraction of sp³-hybridized carbons (Fsp3) is 0.333. The minimum atomic E-state index is 0.206. The zero-order chi connectivity index (χ0) is 12.8. The Morgan fingerprint density at radius 3 is 2.72 bits per heavy atom. The Morgan fingerprint density at radius 1 is 1.22 bits per heavy atom. The van der Waals surface area contributed by atoms with Crippen LogP contribution in [0.25, 0.3) is 0 Å². The highest BCUT2D eigenvalue weighted by molar-refractivity contribution is 5.36. The van der Waals surface area contributed by atoms with Gasteiger partial charge in [-0.05, 0) is 24.7 Å². The topological polar surface area (TPSA) is 34.4 Å². The molecular weight excluding hydrogens is 226 g/mol. The molecule has 1 unspecified atom stereocenters. The zero-order valence-corrected chi connectivity index (χ0v) is 10.8. The third kappa shape index (κ3) is 2.93. The Morgan fingerprint density at radius 2 is 2.06 bits per heavy atom. The number of hydrogen-bond donors (Lipinski definition) is 1. The summed E-state index contributed by atoms with van der Waals surface area (Å²) in [5.74, 6) is 1.89. The van der Waals surface area contributed by atoms with Crippen LogP contribution in [-0.4, -0.2) is 13.7 Å². The molecule has 0 aliphatic carbocycles. The van der Waals surface area contributed by atoms with Crippen LogP contribution in [0.4, 0.5) is 0 Å². The average molecular weight is 245 g/mol. The number of rotatable bonds is 6. The van der Waals surface area contributed by atoms with Crippen molar-refractivity contribution >= 4 is 0 Å². The molecule has 0 saturated heterocycles. The lowest BCUT2D eigenvalue weighted by Gasteiger charge is -2.19. The summed E-state index contributed by atoms with van der Waals surface area (Å²) in [5.41, 5.74) is 1.17.